The lowest BCUT2D eigenvalue weighted by atomic mass is 9.86. The van der Waals surface area contributed by atoms with Crippen molar-refractivity contribution in [2.24, 2.45) is 5.92 Å². The lowest BCUT2D eigenvalue weighted by molar-refractivity contribution is -0.147. The summed E-state index contributed by atoms with van der Waals surface area (Å²) in [6.07, 6.45) is 10.3. The summed E-state index contributed by atoms with van der Waals surface area (Å²) < 4.78 is 4.99. The summed E-state index contributed by atoms with van der Waals surface area (Å²) in [5.74, 6) is 0.0151. The minimum absolute atomic E-state index is 0.208. The third-order valence-corrected chi connectivity index (χ3v) is 4.42. The number of nitrogens with zero attached hydrogens (tertiary/aromatic N) is 1. The number of halogens is 1. The Morgan fingerprint density at radius 1 is 1.30 bits per heavy atom. The normalized spacial score (nSPS) is 15.2. The number of hydrogen-bond donors (Lipinski definition) is 1. The summed E-state index contributed by atoms with van der Waals surface area (Å²) in [6.45, 7) is -0.298. The van der Waals surface area contributed by atoms with Crippen molar-refractivity contribution in [3.63, 3.8) is 0 Å². The molecule has 126 valence electrons. The summed E-state index contributed by atoms with van der Waals surface area (Å²) in [5.41, 5.74) is 0.410. The molecular formula is C17H23ClN2O3. The zero-order chi connectivity index (χ0) is 16.5. The maximum atomic E-state index is 11.7. The van der Waals surface area contributed by atoms with Crippen LogP contribution in [0.5, 0.6) is 0 Å². The van der Waals surface area contributed by atoms with Gasteiger partial charge in [0.15, 0.2) is 11.8 Å². The van der Waals surface area contributed by atoms with Gasteiger partial charge in [0.2, 0.25) is 0 Å². The Bertz CT molecular complexity index is 530. The monoisotopic (exact) mass is 338 g/mol. The predicted octanol–water partition coefficient (Wildman–Crippen LogP) is 3.97. The maximum absolute atomic E-state index is 11.7. The number of pyridine rings is 1. The van der Waals surface area contributed by atoms with Crippen LogP contribution in [-0.4, -0.2) is 23.5 Å². The van der Waals surface area contributed by atoms with Crippen LogP contribution in [0.25, 0.3) is 0 Å². The number of hydrogen-bond acceptors (Lipinski definition) is 4. The lowest BCUT2D eigenvalue weighted by Gasteiger charge is -2.20. The molecule has 0 spiro atoms. The minimum atomic E-state index is -0.416. The Morgan fingerprint density at radius 3 is 2.83 bits per heavy atom. The molecule has 1 saturated carbocycles. The second-order valence-corrected chi connectivity index (χ2v) is 6.30. The van der Waals surface area contributed by atoms with Crippen LogP contribution in [-0.2, 0) is 14.3 Å². The summed E-state index contributed by atoms with van der Waals surface area (Å²) in [4.78, 5) is 27.2. The van der Waals surface area contributed by atoms with Crippen LogP contribution < -0.4 is 5.32 Å². The van der Waals surface area contributed by atoms with Crippen LogP contribution in [0.2, 0.25) is 5.15 Å². The SMILES string of the molecule is O=C(COC(=O)CCCC1CCCCC1)Nc1cccnc1Cl. The van der Waals surface area contributed by atoms with E-state index in [9.17, 15) is 9.59 Å². The number of carbonyl (C=O) groups excluding carboxylic acids is 2. The second kappa shape index (κ2) is 9.50. The highest BCUT2D eigenvalue weighted by Crippen LogP contribution is 2.27. The van der Waals surface area contributed by atoms with Crippen LogP contribution in [0.15, 0.2) is 18.3 Å². The maximum Gasteiger partial charge on any atom is 0.306 e. The molecule has 2 rings (SSSR count). The van der Waals surface area contributed by atoms with E-state index >= 15 is 0 Å². The Morgan fingerprint density at radius 2 is 2.09 bits per heavy atom. The van der Waals surface area contributed by atoms with Crippen molar-refractivity contribution in [2.45, 2.75) is 51.4 Å². The first-order chi connectivity index (χ1) is 11.1. The van der Waals surface area contributed by atoms with Gasteiger partial charge in [-0.2, -0.15) is 0 Å². The average Bonchev–Trinajstić information content (AvgIpc) is 2.56. The standard InChI is InChI=1S/C17H23ClN2O3/c18-17-14(9-5-11-19-17)20-15(21)12-23-16(22)10-4-8-13-6-2-1-3-7-13/h5,9,11,13H,1-4,6-8,10,12H2,(H,20,21). The van der Waals surface area contributed by atoms with Crippen molar-refractivity contribution in [1.29, 1.82) is 0 Å². The molecule has 1 fully saturated rings. The van der Waals surface area contributed by atoms with E-state index in [0.29, 0.717) is 12.1 Å². The fourth-order valence-electron chi connectivity index (χ4n) is 2.89. The Kier molecular flexibility index (Phi) is 7.33. The third kappa shape index (κ3) is 6.57. The molecular weight excluding hydrogens is 316 g/mol. The van der Waals surface area contributed by atoms with Crippen molar-refractivity contribution < 1.29 is 14.3 Å². The quantitative estimate of drug-likeness (QED) is 0.603. The summed E-state index contributed by atoms with van der Waals surface area (Å²) in [7, 11) is 0. The Hall–Kier alpha value is -1.62. The van der Waals surface area contributed by atoms with Crippen molar-refractivity contribution in [1.82, 2.24) is 4.98 Å². The molecule has 1 aliphatic carbocycles. The highest BCUT2D eigenvalue weighted by molar-refractivity contribution is 6.32. The first-order valence-corrected chi connectivity index (χ1v) is 8.59. The van der Waals surface area contributed by atoms with Gasteiger partial charge in [-0.1, -0.05) is 43.7 Å². The van der Waals surface area contributed by atoms with E-state index in [1.54, 1.807) is 12.1 Å². The molecule has 1 aromatic rings. The van der Waals surface area contributed by atoms with Crippen LogP contribution >= 0.6 is 11.6 Å². The first-order valence-electron chi connectivity index (χ1n) is 8.21. The van der Waals surface area contributed by atoms with Gasteiger partial charge in [0.1, 0.15) is 0 Å². The second-order valence-electron chi connectivity index (χ2n) is 5.95. The number of esters is 1. The molecule has 1 N–H and O–H groups in total. The molecule has 0 atom stereocenters. The highest BCUT2D eigenvalue weighted by atomic mass is 35.5. The number of carbonyl (C=O) groups is 2. The summed E-state index contributed by atoms with van der Waals surface area (Å²) in [5, 5.41) is 2.77. The number of rotatable bonds is 7. The average molecular weight is 339 g/mol. The largest absolute Gasteiger partial charge is 0.456 e. The van der Waals surface area contributed by atoms with Crippen LogP contribution in [0.3, 0.4) is 0 Å². The number of aromatic nitrogens is 1. The van der Waals surface area contributed by atoms with Crippen molar-refractivity contribution in [2.75, 3.05) is 11.9 Å². The van der Waals surface area contributed by atoms with Crippen molar-refractivity contribution >= 4 is 29.2 Å². The van der Waals surface area contributed by atoms with Gasteiger partial charge in [-0.15, -0.1) is 0 Å². The van der Waals surface area contributed by atoms with Gasteiger partial charge in [-0.3, -0.25) is 9.59 Å². The molecule has 0 bridgehead atoms. The molecule has 0 aromatic carbocycles. The van der Waals surface area contributed by atoms with Crippen LogP contribution in [0.1, 0.15) is 51.4 Å². The number of anilines is 1. The van der Waals surface area contributed by atoms with E-state index in [2.05, 4.69) is 10.3 Å². The molecule has 1 aliphatic rings. The van der Waals surface area contributed by atoms with E-state index < -0.39 is 5.91 Å². The lowest BCUT2D eigenvalue weighted by Crippen LogP contribution is -2.21. The topological polar surface area (TPSA) is 68.3 Å². The molecule has 0 radical (unpaired) electrons. The molecule has 23 heavy (non-hydrogen) atoms. The van der Waals surface area contributed by atoms with Gasteiger partial charge in [0.05, 0.1) is 5.69 Å². The number of ether oxygens (including phenoxy) is 1. The van der Waals surface area contributed by atoms with Crippen molar-refractivity contribution in [3.05, 3.63) is 23.5 Å². The van der Waals surface area contributed by atoms with Crippen LogP contribution in [0, 0.1) is 5.92 Å². The minimum Gasteiger partial charge on any atom is -0.456 e. The van der Waals surface area contributed by atoms with Gasteiger partial charge in [-0.05, 0) is 30.9 Å². The molecule has 0 saturated heterocycles. The molecule has 0 aliphatic heterocycles. The van der Waals surface area contributed by atoms with Crippen LogP contribution in [0.4, 0.5) is 5.69 Å². The van der Waals surface area contributed by atoms with Crippen molar-refractivity contribution in [3.8, 4) is 0 Å². The zero-order valence-electron chi connectivity index (χ0n) is 13.2. The molecule has 6 heteroatoms. The van der Waals surface area contributed by atoms with E-state index in [-0.39, 0.29) is 17.7 Å². The predicted molar refractivity (Wildman–Crippen MR) is 89.3 cm³/mol. The van der Waals surface area contributed by atoms with Gasteiger partial charge in [0.25, 0.3) is 5.91 Å². The van der Waals surface area contributed by atoms with E-state index in [1.807, 2.05) is 0 Å². The molecule has 1 heterocycles. The Labute approximate surface area is 141 Å². The fraction of sp³-hybridized carbons (Fsp3) is 0.588. The van der Waals surface area contributed by atoms with E-state index in [0.717, 1.165) is 18.8 Å². The molecule has 1 aromatic heterocycles. The van der Waals surface area contributed by atoms with E-state index in [4.69, 9.17) is 16.3 Å². The smallest absolute Gasteiger partial charge is 0.306 e. The molecule has 1 amide bonds. The Balaban J connectivity index is 1.60. The van der Waals surface area contributed by atoms with Gasteiger partial charge >= 0.3 is 5.97 Å². The van der Waals surface area contributed by atoms with Gasteiger partial charge in [0, 0.05) is 12.6 Å². The van der Waals surface area contributed by atoms with E-state index in [1.165, 1.54) is 38.3 Å². The third-order valence-electron chi connectivity index (χ3n) is 4.12. The van der Waals surface area contributed by atoms with Gasteiger partial charge in [-0.25, -0.2) is 4.98 Å². The number of nitrogens with one attached hydrogen (secondary N) is 1. The summed E-state index contributed by atoms with van der Waals surface area (Å²) in [6, 6.07) is 3.30. The fourth-order valence-corrected chi connectivity index (χ4v) is 3.06. The first kappa shape index (κ1) is 17.7. The molecule has 5 nitrogen and oxygen atoms in total. The summed E-state index contributed by atoms with van der Waals surface area (Å²) >= 11 is 5.84. The molecule has 0 unspecified atom stereocenters. The number of amides is 1. The highest BCUT2D eigenvalue weighted by Gasteiger charge is 2.14. The van der Waals surface area contributed by atoms with Gasteiger partial charge < -0.3 is 10.1 Å². The zero-order valence-corrected chi connectivity index (χ0v) is 14.0.